The third-order valence-corrected chi connectivity index (χ3v) is 1.19. The zero-order valence-corrected chi connectivity index (χ0v) is 10.6. The fourth-order valence-corrected chi connectivity index (χ4v) is 0. The molecule has 0 rings (SSSR count). The molecule has 0 radical (unpaired) electrons. The Labute approximate surface area is 94.9 Å². The molecule has 0 aromatic heterocycles. The van der Waals surface area contributed by atoms with Crippen molar-refractivity contribution in [2.24, 2.45) is 0 Å². The summed E-state index contributed by atoms with van der Waals surface area (Å²) in [5.41, 5.74) is 0. The number of rotatable bonds is 2. The van der Waals surface area contributed by atoms with E-state index in [1.807, 2.05) is 0 Å². The van der Waals surface area contributed by atoms with Crippen molar-refractivity contribution in [3.63, 3.8) is 0 Å². The summed E-state index contributed by atoms with van der Waals surface area (Å²) < 4.78 is 0. The molecule has 0 spiro atoms. The smallest absolute Gasteiger partial charge is 0.314 e. The van der Waals surface area contributed by atoms with Gasteiger partial charge in [0.25, 0.3) is 0 Å². The average Bonchev–Trinajstić information content (AvgIpc) is 1.89. The Kier molecular flexibility index (Phi) is 21.1. The van der Waals surface area contributed by atoms with E-state index in [0.29, 0.717) is 0 Å². The number of carboxylic acid groups (broad SMARTS) is 2. The number of carbonyl (C=O) groups is 2. The molecule has 0 amide bonds. The molecular weight excluding hydrogens is 467 g/mol. The summed E-state index contributed by atoms with van der Waals surface area (Å²) in [5, 5.41) is 15.4. The van der Waals surface area contributed by atoms with Crippen LogP contribution in [0.3, 0.4) is 0 Å². The van der Waals surface area contributed by atoms with Gasteiger partial charge in [0.2, 0.25) is 0 Å². The summed E-state index contributed by atoms with van der Waals surface area (Å²) in [6.07, 6.45) is 0. The second kappa shape index (κ2) is 13.2. The van der Waals surface area contributed by atoms with Gasteiger partial charge in [-0.1, -0.05) is 31.9 Å². The normalized spacial score (nSPS) is 6.73. The maximum Gasteiger partial charge on any atom is 0.314 e. The van der Waals surface area contributed by atoms with Gasteiger partial charge in [-0.05, 0) is 0 Å². The van der Waals surface area contributed by atoms with Crippen LogP contribution in [-0.2, 0) is 30.7 Å². The zero-order valence-electron chi connectivity index (χ0n) is 5.20. The first-order valence-corrected chi connectivity index (χ1v) is 4.34. The van der Waals surface area contributed by atoms with Crippen molar-refractivity contribution >= 4 is 43.8 Å². The van der Waals surface area contributed by atoms with Crippen molar-refractivity contribution in [1.82, 2.24) is 0 Å². The van der Waals surface area contributed by atoms with Gasteiger partial charge in [0.15, 0.2) is 0 Å². The van der Waals surface area contributed by atoms with Crippen LogP contribution >= 0.6 is 31.9 Å². The summed E-state index contributed by atoms with van der Waals surface area (Å²) in [7, 11) is 0. The van der Waals surface area contributed by atoms with E-state index in [-0.39, 0.29) is 31.7 Å². The predicted octanol–water partition coefficient (Wildman–Crippen LogP) is 0.929. The number of hydrogen-bond donors (Lipinski definition) is 2. The molecule has 0 aromatic rings. The number of halogens is 2. The van der Waals surface area contributed by atoms with Crippen LogP contribution in [0.5, 0.6) is 0 Å². The van der Waals surface area contributed by atoms with E-state index < -0.39 is 11.9 Å². The molecule has 70 valence electrons. The fraction of sp³-hybridized carbons (Fsp3) is 0.500. The minimum atomic E-state index is -0.829. The minimum Gasteiger partial charge on any atom is -0.481 e. The van der Waals surface area contributed by atoms with E-state index >= 15 is 0 Å². The second-order valence-electron chi connectivity index (χ2n) is 1.05. The van der Waals surface area contributed by atoms with Crippen LogP contribution in [0.4, 0.5) is 0 Å². The summed E-state index contributed by atoms with van der Waals surface area (Å²) in [6, 6.07) is 0. The number of aliphatic carboxylic acids is 2. The third-order valence-electron chi connectivity index (χ3n) is 0.229. The van der Waals surface area contributed by atoms with E-state index in [9.17, 15) is 9.59 Å². The Balaban J connectivity index is -0.000000107. The van der Waals surface area contributed by atoms with Crippen LogP contribution in [-0.4, -0.2) is 32.8 Å². The molecule has 0 atom stereocenters. The first-order chi connectivity index (χ1) is 4.54. The Bertz CT molecular complexity index is 105. The van der Waals surface area contributed by atoms with Gasteiger partial charge < -0.3 is 10.2 Å². The van der Waals surface area contributed by atoms with Gasteiger partial charge in [-0.3, -0.25) is 9.59 Å². The van der Waals surface area contributed by atoms with E-state index in [1.54, 1.807) is 0 Å². The van der Waals surface area contributed by atoms with Gasteiger partial charge in [0.05, 0.1) is 0 Å². The van der Waals surface area contributed by atoms with Gasteiger partial charge in [-0.25, -0.2) is 0 Å². The minimum absolute atomic E-state index is 0. The molecule has 0 saturated carbocycles. The topological polar surface area (TPSA) is 74.6 Å². The fourth-order valence-electron chi connectivity index (χ4n) is 0. The summed E-state index contributed by atoms with van der Waals surface area (Å²) in [4.78, 5) is 18.6. The number of hydrogen-bond acceptors (Lipinski definition) is 2. The van der Waals surface area contributed by atoms with E-state index in [1.165, 1.54) is 0 Å². The van der Waals surface area contributed by atoms with Crippen LogP contribution in [0, 0.1) is 0 Å². The maximum atomic E-state index is 9.32. The van der Waals surface area contributed by atoms with Crippen molar-refractivity contribution < 1.29 is 40.9 Å². The molecule has 0 aromatic carbocycles. The number of carboxylic acids is 2. The molecule has 0 saturated heterocycles. The molecule has 0 fully saturated rings. The van der Waals surface area contributed by atoms with Crippen LogP contribution in [0.15, 0.2) is 0 Å². The Morgan fingerprint density at radius 2 is 1.09 bits per heavy atom. The predicted molar refractivity (Wildman–Crippen MR) is 42.9 cm³/mol. The van der Waals surface area contributed by atoms with Gasteiger partial charge in [-0.15, -0.1) is 0 Å². The molecule has 0 aliphatic heterocycles. The molecule has 0 aliphatic carbocycles. The molecule has 0 unspecified atom stereocenters. The molecule has 2 N–H and O–H groups in total. The Morgan fingerprint density at radius 1 is 1.00 bits per heavy atom. The van der Waals surface area contributed by atoms with Crippen molar-refractivity contribution in [2.75, 3.05) is 10.7 Å². The Hall–Kier alpha value is 0.588. The third kappa shape index (κ3) is 37.1. The summed E-state index contributed by atoms with van der Waals surface area (Å²) >= 11 is 5.43. The first-order valence-electron chi connectivity index (χ1n) is 2.10. The van der Waals surface area contributed by atoms with Crippen LogP contribution in [0.2, 0.25) is 0 Å². The monoisotopic (exact) mass is 471 g/mol. The SMILES string of the molecule is O=C(O)CBr.O=C(O)CBr.[Pt]. The standard InChI is InChI=1S/2C2H3BrO2.Pt/c2*3-1-2(4)5;/h2*1H2,(H,4,5);. The van der Waals surface area contributed by atoms with E-state index in [0.717, 1.165) is 0 Å². The van der Waals surface area contributed by atoms with Crippen molar-refractivity contribution in [3.05, 3.63) is 0 Å². The number of alkyl halides is 2. The van der Waals surface area contributed by atoms with Crippen LogP contribution in [0.25, 0.3) is 0 Å². The quantitative estimate of drug-likeness (QED) is 0.586. The maximum absolute atomic E-state index is 9.32. The molecule has 0 bridgehead atoms. The molecular formula is C4H6Br2O4Pt. The summed E-state index contributed by atoms with van der Waals surface area (Å²) in [5.74, 6) is -1.66. The zero-order chi connectivity index (χ0) is 8.57. The summed E-state index contributed by atoms with van der Waals surface area (Å²) in [6.45, 7) is 0. The molecule has 11 heavy (non-hydrogen) atoms. The van der Waals surface area contributed by atoms with Crippen molar-refractivity contribution in [3.8, 4) is 0 Å². The van der Waals surface area contributed by atoms with Gasteiger partial charge in [-0.2, -0.15) is 0 Å². The van der Waals surface area contributed by atoms with E-state index in [2.05, 4.69) is 31.9 Å². The van der Waals surface area contributed by atoms with Gasteiger partial charge in [0.1, 0.15) is 10.7 Å². The Morgan fingerprint density at radius 3 is 1.09 bits per heavy atom. The van der Waals surface area contributed by atoms with E-state index in [4.69, 9.17) is 10.2 Å². The van der Waals surface area contributed by atoms with Crippen molar-refractivity contribution in [1.29, 1.82) is 0 Å². The first kappa shape index (κ1) is 17.6. The molecule has 7 heteroatoms. The molecule has 0 heterocycles. The molecule has 4 nitrogen and oxygen atoms in total. The van der Waals surface area contributed by atoms with Gasteiger partial charge >= 0.3 is 11.9 Å². The van der Waals surface area contributed by atoms with Crippen molar-refractivity contribution in [2.45, 2.75) is 0 Å². The second-order valence-corrected chi connectivity index (χ2v) is 2.18. The van der Waals surface area contributed by atoms with Crippen LogP contribution < -0.4 is 0 Å². The molecule has 0 aliphatic rings. The van der Waals surface area contributed by atoms with Crippen LogP contribution in [0.1, 0.15) is 0 Å². The van der Waals surface area contributed by atoms with Gasteiger partial charge in [0, 0.05) is 21.1 Å². The average molecular weight is 473 g/mol. The largest absolute Gasteiger partial charge is 0.481 e.